The number of fused-ring (bicyclic) bond motifs is 1. The topological polar surface area (TPSA) is 32.6 Å². The highest BCUT2D eigenvalue weighted by Crippen LogP contribution is 2.36. The second-order valence-corrected chi connectivity index (χ2v) is 4.71. The van der Waals surface area contributed by atoms with Gasteiger partial charge in [-0.05, 0) is 23.1 Å². The average molecular weight is 237 g/mol. The predicted octanol–water partition coefficient (Wildman–Crippen LogP) is 3.40. The SMILES string of the molecule is O/N=C(\Cc1ccccc1)[C@@H]1Cc2ccccc21. The van der Waals surface area contributed by atoms with Gasteiger partial charge in [-0.2, -0.15) is 0 Å². The first kappa shape index (κ1) is 11.0. The molecule has 0 spiro atoms. The molecule has 0 bridgehead atoms. The lowest BCUT2D eigenvalue weighted by Gasteiger charge is -2.30. The summed E-state index contributed by atoms with van der Waals surface area (Å²) in [6, 6.07) is 18.5. The van der Waals surface area contributed by atoms with Gasteiger partial charge in [0.15, 0.2) is 0 Å². The molecule has 2 heteroatoms. The highest BCUT2D eigenvalue weighted by Gasteiger charge is 2.30. The van der Waals surface area contributed by atoms with E-state index in [0.29, 0.717) is 0 Å². The van der Waals surface area contributed by atoms with Crippen LogP contribution in [0.15, 0.2) is 59.8 Å². The van der Waals surface area contributed by atoms with Crippen LogP contribution < -0.4 is 0 Å². The van der Waals surface area contributed by atoms with Gasteiger partial charge in [-0.25, -0.2) is 0 Å². The van der Waals surface area contributed by atoms with E-state index in [2.05, 4.69) is 35.5 Å². The highest BCUT2D eigenvalue weighted by atomic mass is 16.4. The molecule has 90 valence electrons. The summed E-state index contributed by atoms with van der Waals surface area (Å²) in [5.74, 6) is 0.284. The molecule has 1 N–H and O–H groups in total. The van der Waals surface area contributed by atoms with Crippen molar-refractivity contribution in [3.8, 4) is 0 Å². The van der Waals surface area contributed by atoms with Gasteiger partial charge in [0.25, 0.3) is 0 Å². The zero-order valence-corrected chi connectivity index (χ0v) is 10.1. The zero-order chi connectivity index (χ0) is 12.4. The minimum absolute atomic E-state index is 0.284. The smallest absolute Gasteiger partial charge is 0.0692 e. The molecule has 2 aromatic rings. The van der Waals surface area contributed by atoms with Crippen molar-refractivity contribution >= 4 is 5.71 Å². The fourth-order valence-electron chi connectivity index (χ4n) is 2.59. The van der Waals surface area contributed by atoms with E-state index in [0.717, 1.165) is 18.6 Å². The molecular formula is C16H15NO. The number of nitrogens with zero attached hydrogens (tertiary/aromatic N) is 1. The third-order valence-electron chi connectivity index (χ3n) is 3.61. The molecular weight excluding hydrogens is 222 g/mol. The summed E-state index contributed by atoms with van der Waals surface area (Å²) in [4.78, 5) is 0. The van der Waals surface area contributed by atoms with E-state index in [-0.39, 0.29) is 5.92 Å². The lowest BCUT2D eigenvalue weighted by Crippen LogP contribution is -2.26. The summed E-state index contributed by atoms with van der Waals surface area (Å²) in [6.07, 6.45) is 1.71. The summed E-state index contributed by atoms with van der Waals surface area (Å²) in [5, 5.41) is 12.8. The number of hydrogen-bond acceptors (Lipinski definition) is 2. The van der Waals surface area contributed by atoms with E-state index in [1.165, 1.54) is 16.7 Å². The molecule has 0 amide bonds. The Balaban J connectivity index is 1.80. The van der Waals surface area contributed by atoms with Crippen LogP contribution in [0.5, 0.6) is 0 Å². The Morgan fingerprint density at radius 2 is 1.78 bits per heavy atom. The van der Waals surface area contributed by atoms with E-state index < -0.39 is 0 Å². The van der Waals surface area contributed by atoms with Crippen LogP contribution in [-0.4, -0.2) is 10.9 Å². The summed E-state index contributed by atoms with van der Waals surface area (Å²) in [5.41, 5.74) is 4.73. The molecule has 2 nitrogen and oxygen atoms in total. The average Bonchev–Trinajstić information content (AvgIpc) is 2.40. The van der Waals surface area contributed by atoms with Gasteiger partial charge >= 0.3 is 0 Å². The van der Waals surface area contributed by atoms with Crippen LogP contribution in [0.1, 0.15) is 22.6 Å². The Kier molecular flexibility index (Phi) is 2.85. The minimum atomic E-state index is 0.284. The summed E-state index contributed by atoms with van der Waals surface area (Å²) in [6.45, 7) is 0. The molecule has 1 aliphatic rings. The molecule has 2 aromatic carbocycles. The quantitative estimate of drug-likeness (QED) is 0.495. The standard InChI is InChI=1S/C16H15NO/c18-17-16(10-12-6-2-1-3-7-12)15-11-13-8-4-5-9-14(13)15/h1-9,15,18H,10-11H2/b17-16+/t15-/m1/s1. The minimum Gasteiger partial charge on any atom is -0.411 e. The zero-order valence-electron chi connectivity index (χ0n) is 10.1. The van der Waals surface area contributed by atoms with Gasteiger partial charge in [0.05, 0.1) is 5.71 Å². The molecule has 0 unspecified atom stereocenters. The second-order valence-electron chi connectivity index (χ2n) is 4.71. The third kappa shape index (κ3) is 1.90. The lowest BCUT2D eigenvalue weighted by atomic mass is 9.74. The van der Waals surface area contributed by atoms with E-state index in [4.69, 9.17) is 0 Å². The first-order chi connectivity index (χ1) is 8.88. The van der Waals surface area contributed by atoms with Crippen molar-refractivity contribution in [1.82, 2.24) is 0 Å². The van der Waals surface area contributed by atoms with Crippen molar-refractivity contribution < 1.29 is 5.21 Å². The summed E-state index contributed by atoms with van der Waals surface area (Å²) in [7, 11) is 0. The van der Waals surface area contributed by atoms with E-state index in [1.807, 2.05) is 24.3 Å². The Labute approximate surface area is 107 Å². The van der Waals surface area contributed by atoms with Crippen LogP contribution in [0.25, 0.3) is 0 Å². The van der Waals surface area contributed by atoms with Crippen molar-refractivity contribution in [2.45, 2.75) is 18.8 Å². The molecule has 0 saturated heterocycles. The van der Waals surface area contributed by atoms with Crippen LogP contribution in [0.3, 0.4) is 0 Å². The molecule has 0 aliphatic heterocycles. The summed E-state index contributed by atoms with van der Waals surface area (Å²) < 4.78 is 0. The Morgan fingerprint density at radius 1 is 1.06 bits per heavy atom. The van der Waals surface area contributed by atoms with Crippen LogP contribution in [0.2, 0.25) is 0 Å². The lowest BCUT2D eigenvalue weighted by molar-refractivity contribution is 0.315. The van der Waals surface area contributed by atoms with Gasteiger partial charge in [-0.1, -0.05) is 59.8 Å². The van der Waals surface area contributed by atoms with Crippen LogP contribution >= 0.6 is 0 Å². The maximum atomic E-state index is 9.24. The maximum absolute atomic E-state index is 9.24. The van der Waals surface area contributed by atoms with Gasteiger partial charge in [-0.15, -0.1) is 0 Å². The Morgan fingerprint density at radius 3 is 2.50 bits per heavy atom. The largest absolute Gasteiger partial charge is 0.411 e. The van der Waals surface area contributed by atoms with Crippen molar-refractivity contribution in [1.29, 1.82) is 0 Å². The van der Waals surface area contributed by atoms with Gasteiger partial charge < -0.3 is 5.21 Å². The van der Waals surface area contributed by atoms with Gasteiger partial charge in [0.2, 0.25) is 0 Å². The normalized spacial score (nSPS) is 18.0. The highest BCUT2D eigenvalue weighted by molar-refractivity contribution is 5.94. The predicted molar refractivity (Wildman–Crippen MR) is 72.3 cm³/mol. The van der Waals surface area contributed by atoms with Crippen molar-refractivity contribution in [3.63, 3.8) is 0 Å². The van der Waals surface area contributed by atoms with E-state index in [1.54, 1.807) is 0 Å². The van der Waals surface area contributed by atoms with E-state index >= 15 is 0 Å². The van der Waals surface area contributed by atoms with Crippen LogP contribution in [-0.2, 0) is 12.8 Å². The number of benzene rings is 2. The number of rotatable bonds is 3. The first-order valence-corrected chi connectivity index (χ1v) is 6.21. The molecule has 0 saturated carbocycles. The van der Waals surface area contributed by atoms with Gasteiger partial charge in [0.1, 0.15) is 0 Å². The molecule has 0 aromatic heterocycles. The summed E-state index contributed by atoms with van der Waals surface area (Å²) >= 11 is 0. The van der Waals surface area contributed by atoms with Crippen molar-refractivity contribution in [3.05, 3.63) is 71.3 Å². The molecule has 0 radical (unpaired) electrons. The Hall–Kier alpha value is -2.09. The molecule has 1 aliphatic carbocycles. The van der Waals surface area contributed by atoms with Crippen molar-refractivity contribution in [2.75, 3.05) is 0 Å². The molecule has 18 heavy (non-hydrogen) atoms. The molecule has 1 atom stereocenters. The monoisotopic (exact) mass is 237 g/mol. The van der Waals surface area contributed by atoms with Gasteiger partial charge in [0, 0.05) is 12.3 Å². The van der Waals surface area contributed by atoms with Gasteiger partial charge in [-0.3, -0.25) is 0 Å². The first-order valence-electron chi connectivity index (χ1n) is 6.21. The number of hydrogen-bond donors (Lipinski definition) is 1. The fourth-order valence-corrected chi connectivity index (χ4v) is 2.59. The maximum Gasteiger partial charge on any atom is 0.0692 e. The molecule has 3 rings (SSSR count). The third-order valence-corrected chi connectivity index (χ3v) is 3.61. The van der Waals surface area contributed by atoms with Crippen molar-refractivity contribution in [2.24, 2.45) is 5.16 Å². The Bertz CT molecular complexity index is 575. The molecule has 0 fully saturated rings. The van der Waals surface area contributed by atoms with Crippen LogP contribution in [0.4, 0.5) is 0 Å². The van der Waals surface area contributed by atoms with E-state index in [9.17, 15) is 5.21 Å². The second kappa shape index (κ2) is 4.65. The fraction of sp³-hybridized carbons (Fsp3) is 0.188. The van der Waals surface area contributed by atoms with Crippen LogP contribution in [0, 0.1) is 0 Å². The number of oxime groups is 1. The molecule has 0 heterocycles.